The Balaban J connectivity index is 1.27. The maximum atomic E-state index is 13.5. The molecule has 0 aliphatic carbocycles. The van der Waals surface area contributed by atoms with Gasteiger partial charge in [0.05, 0.1) is 12.8 Å². The van der Waals surface area contributed by atoms with Gasteiger partial charge in [0.25, 0.3) is 5.91 Å². The first-order valence-electron chi connectivity index (χ1n) is 12.1. The van der Waals surface area contributed by atoms with E-state index in [9.17, 15) is 9.59 Å². The molecule has 1 fully saturated rings. The van der Waals surface area contributed by atoms with E-state index in [4.69, 9.17) is 13.9 Å². The molecule has 0 bridgehead atoms. The third kappa shape index (κ3) is 4.91. The van der Waals surface area contributed by atoms with Crippen molar-refractivity contribution in [2.24, 2.45) is 5.92 Å². The van der Waals surface area contributed by atoms with E-state index in [2.05, 4.69) is 5.32 Å². The molecule has 1 aliphatic rings. The van der Waals surface area contributed by atoms with Crippen LogP contribution in [0.5, 0.6) is 11.5 Å². The fraction of sp³-hybridized carbons (Fsp3) is 0.241. The Labute approximate surface area is 209 Å². The van der Waals surface area contributed by atoms with Gasteiger partial charge in [-0.1, -0.05) is 48.5 Å². The van der Waals surface area contributed by atoms with Crippen LogP contribution in [0.15, 0.2) is 83.3 Å². The number of hydrogen-bond donors (Lipinski definition) is 1. The SMILES string of the molecule is COc1ccccc1NC(=O)C1CCN(C(=O)c2oc3ccccc3c2COc2ccccc2)CC1. The molecule has 0 saturated carbocycles. The van der Waals surface area contributed by atoms with Crippen molar-refractivity contribution in [1.29, 1.82) is 0 Å². The van der Waals surface area contributed by atoms with Crippen molar-refractivity contribution >= 4 is 28.5 Å². The lowest BCUT2D eigenvalue weighted by Gasteiger charge is -2.31. The number of fused-ring (bicyclic) bond motifs is 1. The van der Waals surface area contributed by atoms with E-state index < -0.39 is 0 Å². The number of ether oxygens (including phenoxy) is 2. The zero-order valence-electron chi connectivity index (χ0n) is 20.1. The summed E-state index contributed by atoms with van der Waals surface area (Å²) >= 11 is 0. The van der Waals surface area contributed by atoms with Gasteiger partial charge < -0.3 is 24.1 Å². The van der Waals surface area contributed by atoms with Crippen LogP contribution in [-0.2, 0) is 11.4 Å². The van der Waals surface area contributed by atoms with Crippen LogP contribution in [0.4, 0.5) is 5.69 Å². The van der Waals surface area contributed by atoms with Crippen LogP contribution in [0.1, 0.15) is 29.0 Å². The number of amides is 2. The van der Waals surface area contributed by atoms with Gasteiger partial charge in [0.2, 0.25) is 5.91 Å². The second kappa shape index (κ2) is 10.6. The number of anilines is 1. The highest BCUT2D eigenvalue weighted by Gasteiger charge is 2.31. The third-order valence-electron chi connectivity index (χ3n) is 6.54. The standard InChI is InChI=1S/C29H28N2O5/c1-34-26-14-8-6-12-24(26)30-28(32)20-15-17-31(18-16-20)29(33)27-23(19-35-21-9-3-2-4-10-21)22-11-5-7-13-25(22)36-27/h2-14,20H,15-19H2,1H3,(H,30,32). The number of rotatable bonds is 7. The van der Waals surface area contributed by atoms with Crippen molar-refractivity contribution in [2.75, 3.05) is 25.5 Å². The first-order chi connectivity index (χ1) is 17.6. The van der Waals surface area contributed by atoms with Gasteiger partial charge in [-0.15, -0.1) is 0 Å². The summed E-state index contributed by atoms with van der Waals surface area (Å²) in [7, 11) is 1.58. The molecule has 1 aromatic heterocycles. The predicted octanol–water partition coefficient (Wildman–Crippen LogP) is 5.51. The number of benzene rings is 3. The average Bonchev–Trinajstić information content (AvgIpc) is 3.31. The Kier molecular flexibility index (Phi) is 6.89. The van der Waals surface area contributed by atoms with Gasteiger partial charge in [-0.3, -0.25) is 9.59 Å². The zero-order valence-corrected chi connectivity index (χ0v) is 20.1. The summed E-state index contributed by atoms with van der Waals surface area (Å²) in [6.45, 7) is 1.16. The van der Waals surface area contributed by atoms with Crippen LogP contribution in [0.2, 0.25) is 0 Å². The van der Waals surface area contributed by atoms with Crippen molar-refractivity contribution < 1.29 is 23.5 Å². The van der Waals surface area contributed by atoms with Crippen LogP contribution in [0, 0.1) is 5.92 Å². The lowest BCUT2D eigenvalue weighted by molar-refractivity contribution is -0.121. The fourth-order valence-corrected chi connectivity index (χ4v) is 4.56. The molecule has 2 heterocycles. The van der Waals surface area contributed by atoms with Crippen LogP contribution < -0.4 is 14.8 Å². The lowest BCUT2D eigenvalue weighted by atomic mass is 9.95. The highest BCUT2D eigenvalue weighted by Crippen LogP contribution is 2.30. The van der Waals surface area contributed by atoms with Crippen molar-refractivity contribution in [3.05, 3.63) is 90.2 Å². The number of hydrogen-bond acceptors (Lipinski definition) is 5. The second-order valence-electron chi connectivity index (χ2n) is 8.76. The number of para-hydroxylation sites is 4. The minimum Gasteiger partial charge on any atom is -0.495 e. The Morgan fingerprint density at radius 1 is 0.944 bits per heavy atom. The number of furan rings is 1. The van der Waals surface area contributed by atoms with E-state index in [1.54, 1.807) is 12.0 Å². The van der Waals surface area contributed by atoms with Crippen molar-refractivity contribution in [3.63, 3.8) is 0 Å². The maximum absolute atomic E-state index is 13.5. The van der Waals surface area contributed by atoms with Gasteiger partial charge in [0.15, 0.2) is 5.76 Å². The molecule has 5 rings (SSSR count). The molecule has 0 spiro atoms. The monoisotopic (exact) mass is 484 g/mol. The fourth-order valence-electron chi connectivity index (χ4n) is 4.56. The minimum atomic E-state index is -0.185. The van der Waals surface area contributed by atoms with E-state index in [1.807, 2.05) is 78.9 Å². The number of methoxy groups -OCH3 is 1. The molecule has 1 saturated heterocycles. The number of carbonyl (C=O) groups is 2. The summed E-state index contributed by atoms with van der Waals surface area (Å²) in [6.07, 6.45) is 1.14. The van der Waals surface area contributed by atoms with Gasteiger partial charge in [-0.25, -0.2) is 0 Å². The van der Waals surface area contributed by atoms with Crippen molar-refractivity contribution in [2.45, 2.75) is 19.4 Å². The molecule has 4 aromatic rings. The summed E-state index contributed by atoms with van der Waals surface area (Å²) in [5.41, 5.74) is 2.03. The second-order valence-corrected chi connectivity index (χ2v) is 8.76. The normalized spacial score (nSPS) is 14.0. The highest BCUT2D eigenvalue weighted by molar-refractivity contribution is 5.99. The molecular weight excluding hydrogens is 456 g/mol. The Bertz CT molecular complexity index is 1360. The smallest absolute Gasteiger partial charge is 0.290 e. The Morgan fingerprint density at radius 3 is 2.42 bits per heavy atom. The Hall–Kier alpha value is -4.26. The van der Waals surface area contributed by atoms with Crippen LogP contribution >= 0.6 is 0 Å². The molecule has 184 valence electrons. The van der Waals surface area contributed by atoms with E-state index in [0.29, 0.717) is 48.7 Å². The van der Waals surface area contributed by atoms with Gasteiger partial charge >= 0.3 is 0 Å². The van der Waals surface area contributed by atoms with E-state index in [1.165, 1.54) is 0 Å². The highest BCUT2D eigenvalue weighted by atomic mass is 16.5. The van der Waals surface area contributed by atoms with Gasteiger partial charge in [0, 0.05) is 30.0 Å². The molecule has 1 aliphatic heterocycles. The largest absolute Gasteiger partial charge is 0.495 e. The van der Waals surface area contributed by atoms with Gasteiger partial charge in [-0.05, 0) is 43.2 Å². The molecule has 36 heavy (non-hydrogen) atoms. The van der Waals surface area contributed by atoms with Crippen LogP contribution in [0.25, 0.3) is 11.0 Å². The summed E-state index contributed by atoms with van der Waals surface area (Å²) in [6, 6.07) is 24.4. The van der Waals surface area contributed by atoms with Gasteiger partial charge in [-0.2, -0.15) is 0 Å². The average molecular weight is 485 g/mol. The maximum Gasteiger partial charge on any atom is 0.290 e. The number of nitrogens with zero attached hydrogens (tertiary/aromatic N) is 1. The zero-order chi connectivity index (χ0) is 24.9. The lowest BCUT2D eigenvalue weighted by Crippen LogP contribution is -2.41. The first kappa shape index (κ1) is 23.5. The summed E-state index contributed by atoms with van der Waals surface area (Å²) in [4.78, 5) is 28.1. The van der Waals surface area contributed by atoms with E-state index in [0.717, 1.165) is 16.7 Å². The molecule has 7 nitrogen and oxygen atoms in total. The van der Waals surface area contributed by atoms with E-state index in [-0.39, 0.29) is 24.3 Å². The topological polar surface area (TPSA) is 81.0 Å². The van der Waals surface area contributed by atoms with E-state index >= 15 is 0 Å². The molecule has 7 heteroatoms. The number of piperidine rings is 1. The molecule has 0 unspecified atom stereocenters. The number of nitrogens with one attached hydrogen (secondary N) is 1. The molecular formula is C29H28N2O5. The van der Waals surface area contributed by atoms with Crippen LogP contribution in [0.3, 0.4) is 0 Å². The van der Waals surface area contributed by atoms with Crippen LogP contribution in [-0.4, -0.2) is 36.9 Å². The molecule has 0 radical (unpaired) electrons. The third-order valence-corrected chi connectivity index (χ3v) is 6.54. The predicted molar refractivity (Wildman–Crippen MR) is 137 cm³/mol. The Morgan fingerprint density at radius 2 is 1.64 bits per heavy atom. The molecule has 0 atom stereocenters. The van der Waals surface area contributed by atoms with Gasteiger partial charge in [0.1, 0.15) is 23.7 Å². The number of carbonyl (C=O) groups excluding carboxylic acids is 2. The molecule has 2 amide bonds. The summed E-state index contributed by atoms with van der Waals surface area (Å²) in [5, 5.41) is 3.83. The minimum absolute atomic E-state index is 0.0627. The van der Waals surface area contributed by atoms with Crippen molar-refractivity contribution in [3.8, 4) is 11.5 Å². The van der Waals surface area contributed by atoms with Crippen molar-refractivity contribution in [1.82, 2.24) is 4.90 Å². The summed E-state index contributed by atoms with van der Waals surface area (Å²) in [5.74, 6) is 1.21. The first-order valence-corrected chi connectivity index (χ1v) is 12.1. The summed E-state index contributed by atoms with van der Waals surface area (Å²) < 4.78 is 17.3. The quantitative estimate of drug-likeness (QED) is 0.374. The number of likely N-dealkylation sites (tertiary alicyclic amines) is 1. The molecule has 1 N–H and O–H groups in total. The molecule has 3 aromatic carbocycles.